The van der Waals surface area contributed by atoms with Gasteiger partial charge in [-0.1, -0.05) is 28.1 Å². The molecule has 0 bridgehead atoms. The smallest absolute Gasteiger partial charge is 0.262 e. The summed E-state index contributed by atoms with van der Waals surface area (Å²) in [5, 5.41) is 4.56. The second kappa shape index (κ2) is 6.92. The lowest BCUT2D eigenvalue weighted by Crippen LogP contribution is -2.23. The van der Waals surface area contributed by atoms with Gasteiger partial charge in [0.25, 0.3) is 5.56 Å². The molecule has 0 spiro atoms. The lowest BCUT2D eigenvalue weighted by Gasteiger charge is -2.10. The fourth-order valence-corrected chi connectivity index (χ4v) is 2.65. The van der Waals surface area contributed by atoms with Crippen molar-refractivity contribution in [3.8, 4) is 0 Å². The maximum Gasteiger partial charge on any atom is 0.262 e. The summed E-state index contributed by atoms with van der Waals surface area (Å²) in [5.41, 5.74) is 3.50. The van der Waals surface area contributed by atoms with Gasteiger partial charge in [0.15, 0.2) is 0 Å². The Labute approximate surface area is 146 Å². The number of rotatable bonds is 4. The topological polar surface area (TPSA) is 59.3 Å². The summed E-state index contributed by atoms with van der Waals surface area (Å²) >= 11 is 3.20. The Kier molecular flexibility index (Phi) is 4.71. The Bertz CT molecular complexity index is 984. The van der Waals surface area contributed by atoms with E-state index in [0.717, 1.165) is 0 Å². The van der Waals surface area contributed by atoms with Crippen LogP contribution >= 0.6 is 15.9 Å². The highest BCUT2D eigenvalue weighted by molar-refractivity contribution is 9.10. The molecule has 0 aliphatic rings. The summed E-state index contributed by atoms with van der Waals surface area (Å²) in [6.07, 6.45) is 1.35. The van der Waals surface area contributed by atoms with Gasteiger partial charge in [-0.15, -0.1) is 0 Å². The van der Waals surface area contributed by atoms with Gasteiger partial charge in [0.1, 0.15) is 5.82 Å². The molecule has 1 heterocycles. The van der Waals surface area contributed by atoms with Gasteiger partial charge in [-0.05, 0) is 37.3 Å². The molecule has 0 aliphatic heterocycles. The highest BCUT2D eigenvalue weighted by Crippen LogP contribution is 2.14. The van der Waals surface area contributed by atoms with E-state index in [1.807, 2.05) is 13.0 Å². The van der Waals surface area contributed by atoms with Gasteiger partial charge < -0.3 is 0 Å². The number of hydrogen-bond donors (Lipinski definition) is 1. The normalized spacial score (nSPS) is 11.3. The molecule has 24 heavy (non-hydrogen) atoms. The summed E-state index contributed by atoms with van der Waals surface area (Å²) in [4.78, 5) is 16.9. The second-order valence-electron chi connectivity index (χ2n) is 5.04. The van der Waals surface area contributed by atoms with Crippen LogP contribution in [0.2, 0.25) is 0 Å². The second-order valence-corrected chi connectivity index (χ2v) is 5.95. The van der Waals surface area contributed by atoms with Crippen molar-refractivity contribution in [3.05, 3.63) is 68.7 Å². The number of halogens is 2. The Hall–Kier alpha value is -2.54. The van der Waals surface area contributed by atoms with Crippen LogP contribution in [0.4, 0.5) is 10.3 Å². The standard InChI is InChI=1S/C17H14BrFN4O/c1-2-23-16(24)13-5-3-4-6-15(13)21-17(23)22-20-10-11-7-8-12(18)9-14(11)19/h3-10H,2H2,1H3,(H,21,22)/b20-10-. The quantitative estimate of drug-likeness (QED) is 0.546. The van der Waals surface area contributed by atoms with Crippen LogP contribution in [0.25, 0.3) is 10.9 Å². The van der Waals surface area contributed by atoms with Gasteiger partial charge in [-0.2, -0.15) is 5.10 Å². The van der Waals surface area contributed by atoms with E-state index < -0.39 is 5.82 Å². The van der Waals surface area contributed by atoms with E-state index in [1.165, 1.54) is 16.8 Å². The predicted molar refractivity (Wildman–Crippen MR) is 97.0 cm³/mol. The molecule has 7 heteroatoms. The Balaban J connectivity index is 1.95. The van der Waals surface area contributed by atoms with Crippen molar-refractivity contribution >= 4 is 39.0 Å². The largest absolute Gasteiger partial charge is 0.277 e. The first-order chi connectivity index (χ1) is 11.6. The van der Waals surface area contributed by atoms with Crippen molar-refractivity contribution in [2.45, 2.75) is 13.5 Å². The highest BCUT2D eigenvalue weighted by Gasteiger charge is 2.08. The van der Waals surface area contributed by atoms with Crippen LogP contribution < -0.4 is 11.0 Å². The highest BCUT2D eigenvalue weighted by atomic mass is 79.9. The van der Waals surface area contributed by atoms with E-state index in [4.69, 9.17) is 0 Å². The zero-order chi connectivity index (χ0) is 17.1. The van der Waals surface area contributed by atoms with Crippen molar-refractivity contribution in [3.63, 3.8) is 0 Å². The van der Waals surface area contributed by atoms with Crippen LogP contribution in [0.3, 0.4) is 0 Å². The third-order valence-corrected chi connectivity index (χ3v) is 4.00. The number of nitrogens with one attached hydrogen (secondary N) is 1. The van der Waals surface area contributed by atoms with E-state index in [1.54, 1.807) is 30.3 Å². The van der Waals surface area contributed by atoms with Crippen LogP contribution in [0.15, 0.2) is 56.8 Å². The van der Waals surface area contributed by atoms with Crippen molar-refractivity contribution in [2.75, 3.05) is 5.43 Å². The Morgan fingerprint density at radius 2 is 2.12 bits per heavy atom. The van der Waals surface area contributed by atoms with Crippen molar-refractivity contribution in [1.82, 2.24) is 9.55 Å². The molecule has 0 aliphatic carbocycles. The molecule has 122 valence electrons. The van der Waals surface area contributed by atoms with Crippen molar-refractivity contribution < 1.29 is 4.39 Å². The fraction of sp³-hybridized carbons (Fsp3) is 0.118. The number of nitrogens with zero attached hydrogens (tertiary/aromatic N) is 3. The van der Waals surface area contributed by atoms with Crippen LogP contribution in [-0.4, -0.2) is 15.8 Å². The van der Waals surface area contributed by atoms with Crippen molar-refractivity contribution in [1.29, 1.82) is 0 Å². The number of benzene rings is 2. The molecule has 1 N–H and O–H groups in total. The molecule has 3 rings (SSSR count). The average molecular weight is 389 g/mol. The summed E-state index contributed by atoms with van der Waals surface area (Å²) in [7, 11) is 0. The summed E-state index contributed by atoms with van der Waals surface area (Å²) in [6, 6.07) is 11.8. The third kappa shape index (κ3) is 3.21. The van der Waals surface area contributed by atoms with Crippen LogP contribution in [-0.2, 0) is 6.54 Å². The van der Waals surface area contributed by atoms with Gasteiger partial charge in [-0.25, -0.2) is 14.8 Å². The predicted octanol–water partition coefficient (Wildman–Crippen LogP) is 3.76. The van der Waals surface area contributed by atoms with Gasteiger partial charge in [0.05, 0.1) is 17.1 Å². The fourth-order valence-electron chi connectivity index (χ4n) is 2.31. The number of fused-ring (bicyclic) bond motifs is 1. The Morgan fingerprint density at radius 1 is 1.33 bits per heavy atom. The number of hydrogen-bond acceptors (Lipinski definition) is 4. The summed E-state index contributed by atoms with van der Waals surface area (Å²) < 4.78 is 15.9. The Morgan fingerprint density at radius 3 is 2.88 bits per heavy atom. The number of hydrazone groups is 1. The summed E-state index contributed by atoms with van der Waals surface area (Å²) in [5.74, 6) is -0.0794. The monoisotopic (exact) mass is 388 g/mol. The molecule has 3 aromatic rings. The van der Waals surface area contributed by atoms with Crippen LogP contribution in [0.5, 0.6) is 0 Å². The molecule has 1 aromatic heterocycles. The maximum absolute atomic E-state index is 13.8. The maximum atomic E-state index is 13.8. The minimum atomic E-state index is -0.394. The molecule has 0 atom stereocenters. The van der Waals surface area contributed by atoms with E-state index >= 15 is 0 Å². The first-order valence-corrected chi connectivity index (χ1v) is 8.13. The SMILES string of the molecule is CCn1c(N/N=C\c2ccc(Br)cc2F)nc2ccccc2c1=O. The minimum absolute atomic E-state index is 0.143. The zero-order valence-electron chi connectivity index (χ0n) is 12.8. The molecule has 0 unspecified atom stereocenters. The molecule has 0 saturated carbocycles. The van der Waals surface area contributed by atoms with E-state index in [9.17, 15) is 9.18 Å². The van der Waals surface area contributed by atoms with Gasteiger partial charge in [0.2, 0.25) is 5.95 Å². The van der Waals surface area contributed by atoms with E-state index in [-0.39, 0.29) is 5.56 Å². The third-order valence-electron chi connectivity index (χ3n) is 3.51. The van der Waals surface area contributed by atoms with Crippen LogP contribution in [0, 0.1) is 5.82 Å². The van der Waals surface area contributed by atoms with Gasteiger partial charge in [-0.3, -0.25) is 9.36 Å². The molecule has 0 saturated heterocycles. The minimum Gasteiger partial charge on any atom is -0.277 e. The van der Waals surface area contributed by atoms with E-state index in [0.29, 0.717) is 33.4 Å². The molecule has 2 aromatic carbocycles. The lowest BCUT2D eigenvalue weighted by atomic mass is 10.2. The molecule has 0 amide bonds. The lowest BCUT2D eigenvalue weighted by molar-refractivity contribution is 0.625. The van der Waals surface area contributed by atoms with Gasteiger partial charge >= 0.3 is 0 Å². The number of anilines is 1. The zero-order valence-corrected chi connectivity index (χ0v) is 14.4. The number of para-hydroxylation sites is 1. The molecule has 5 nitrogen and oxygen atoms in total. The first kappa shape index (κ1) is 16.3. The first-order valence-electron chi connectivity index (χ1n) is 7.34. The molecule has 0 radical (unpaired) electrons. The van der Waals surface area contributed by atoms with Crippen LogP contribution in [0.1, 0.15) is 12.5 Å². The van der Waals surface area contributed by atoms with Gasteiger partial charge in [0, 0.05) is 16.6 Å². The molecule has 0 fully saturated rings. The average Bonchev–Trinajstić information content (AvgIpc) is 2.57. The molecular weight excluding hydrogens is 375 g/mol. The van der Waals surface area contributed by atoms with E-state index in [2.05, 4.69) is 31.4 Å². The number of aromatic nitrogens is 2. The van der Waals surface area contributed by atoms with Crippen molar-refractivity contribution in [2.24, 2.45) is 5.10 Å². The molecular formula is C17H14BrFN4O. The summed E-state index contributed by atoms with van der Waals surface area (Å²) in [6.45, 7) is 2.29.